The van der Waals surface area contributed by atoms with Gasteiger partial charge in [0.15, 0.2) is 0 Å². The van der Waals surface area contributed by atoms with Crippen molar-refractivity contribution in [2.24, 2.45) is 5.41 Å². The molecule has 0 saturated carbocycles. The van der Waals surface area contributed by atoms with E-state index in [0.717, 1.165) is 5.56 Å². The fraction of sp³-hybridized carbons (Fsp3) is 0.591. The van der Waals surface area contributed by atoms with Gasteiger partial charge in [0.2, 0.25) is 5.91 Å². The maximum Gasteiger partial charge on any atom is 0.410 e. The van der Waals surface area contributed by atoms with Crippen LogP contribution in [-0.2, 0) is 25.7 Å². The standard InChI is InChI=1S/C22H34N2O5/c1-15(24(8)20(27)29-22(5,6)7)18(25)23-17(21(2,3)4)19(26)28-14-16-12-10-9-11-13-16/h9-13,15,17H,14H2,1-8H3,(H,23,25)/t15-,17+/m0/s1. The Balaban J connectivity index is 2.80. The zero-order valence-corrected chi connectivity index (χ0v) is 18.7. The summed E-state index contributed by atoms with van der Waals surface area (Å²) in [6.45, 7) is 12.5. The number of amides is 2. The highest BCUT2D eigenvalue weighted by atomic mass is 16.6. The Kier molecular flexibility index (Phi) is 8.24. The molecule has 0 unspecified atom stereocenters. The van der Waals surface area contributed by atoms with Crippen molar-refractivity contribution >= 4 is 18.0 Å². The molecule has 1 N–H and O–H groups in total. The Hall–Kier alpha value is -2.57. The first-order valence-corrected chi connectivity index (χ1v) is 9.69. The van der Waals surface area contributed by atoms with Crippen LogP contribution >= 0.6 is 0 Å². The summed E-state index contributed by atoms with van der Waals surface area (Å²) in [6, 6.07) is 7.63. The summed E-state index contributed by atoms with van der Waals surface area (Å²) >= 11 is 0. The molecule has 7 heteroatoms. The van der Waals surface area contributed by atoms with Gasteiger partial charge in [-0.1, -0.05) is 51.1 Å². The minimum absolute atomic E-state index is 0.121. The fourth-order valence-electron chi connectivity index (χ4n) is 2.37. The highest BCUT2D eigenvalue weighted by molar-refractivity contribution is 5.89. The number of hydrogen-bond acceptors (Lipinski definition) is 5. The van der Waals surface area contributed by atoms with Gasteiger partial charge < -0.3 is 14.8 Å². The van der Waals surface area contributed by atoms with E-state index < -0.39 is 41.1 Å². The van der Waals surface area contributed by atoms with Gasteiger partial charge in [-0.2, -0.15) is 0 Å². The smallest absolute Gasteiger partial charge is 0.410 e. The van der Waals surface area contributed by atoms with E-state index in [1.165, 1.54) is 11.9 Å². The molecule has 0 bridgehead atoms. The third kappa shape index (κ3) is 8.13. The number of benzene rings is 1. The lowest BCUT2D eigenvalue weighted by Gasteiger charge is -2.32. The van der Waals surface area contributed by atoms with Crippen LogP contribution in [0.25, 0.3) is 0 Å². The van der Waals surface area contributed by atoms with E-state index in [9.17, 15) is 14.4 Å². The number of carbonyl (C=O) groups excluding carboxylic acids is 3. The van der Waals surface area contributed by atoms with Crippen LogP contribution in [0.3, 0.4) is 0 Å². The molecule has 0 saturated heterocycles. The molecule has 1 rings (SSSR count). The Bertz CT molecular complexity index is 704. The minimum Gasteiger partial charge on any atom is -0.459 e. The third-order valence-electron chi connectivity index (χ3n) is 4.25. The summed E-state index contributed by atoms with van der Waals surface area (Å²) in [5.41, 5.74) is -0.387. The number of rotatable bonds is 6. The molecule has 0 aliphatic carbocycles. The number of hydrogen-bond donors (Lipinski definition) is 1. The molecule has 0 aromatic heterocycles. The lowest BCUT2D eigenvalue weighted by molar-refractivity contribution is -0.152. The quantitative estimate of drug-likeness (QED) is 0.731. The summed E-state index contributed by atoms with van der Waals surface area (Å²) < 4.78 is 10.7. The summed E-state index contributed by atoms with van der Waals surface area (Å²) in [7, 11) is 1.48. The number of nitrogens with zero attached hydrogens (tertiary/aromatic N) is 1. The van der Waals surface area contributed by atoms with Crippen molar-refractivity contribution in [3.63, 3.8) is 0 Å². The second-order valence-electron chi connectivity index (χ2n) is 9.17. The van der Waals surface area contributed by atoms with Crippen molar-refractivity contribution in [3.05, 3.63) is 35.9 Å². The highest BCUT2D eigenvalue weighted by Crippen LogP contribution is 2.21. The lowest BCUT2D eigenvalue weighted by Crippen LogP contribution is -2.55. The molecule has 7 nitrogen and oxygen atoms in total. The van der Waals surface area contributed by atoms with Gasteiger partial charge in [-0.15, -0.1) is 0 Å². The molecule has 0 aliphatic heterocycles. The van der Waals surface area contributed by atoms with E-state index in [4.69, 9.17) is 9.47 Å². The molecule has 0 radical (unpaired) electrons. The van der Waals surface area contributed by atoms with E-state index >= 15 is 0 Å². The number of carbonyl (C=O) groups is 3. The zero-order chi connectivity index (χ0) is 22.4. The Labute approximate surface area is 173 Å². The van der Waals surface area contributed by atoms with Crippen molar-refractivity contribution in [1.29, 1.82) is 0 Å². The average Bonchev–Trinajstić information content (AvgIpc) is 2.61. The van der Waals surface area contributed by atoms with E-state index in [1.54, 1.807) is 27.7 Å². The van der Waals surface area contributed by atoms with E-state index in [-0.39, 0.29) is 6.61 Å². The molecule has 0 aliphatic rings. The van der Waals surface area contributed by atoms with Crippen molar-refractivity contribution in [1.82, 2.24) is 10.2 Å². The Morgan fingerprint density at radius 2 is 1.59 bits per heavy atom. The SMILES string of the molecule is C[C@@H](C(=O)N[C@H](C(=O)OCc1ccccc1)C(C)(C)C)N(C)C(=O)OC(C)(C)C. The lowest BCUT2D eigenvalue weighted by atomic mass is 9.86. The monoisotopic (exact) mass is 406 g/mol. The molecular weight excluding hydrogens is 372 g/mol. The second kappa shape index (κ2) is 9.76. The van der Waals surface area contributed by atoms with Crippen LogP contribution in [-0.4, -0.2) is 47.6 Å². The Morgan fingerprint density at radius 1 is 1.03 bits per heavy atom. The zero-order valence-electron chi connectivity index (χ0n) is 18.7. The van der Waals surface area contributed by atoms with Gasteiger partial charge in [-0.25, -0.2) is 9.59 Å². The van der Waals surface area contributed by atoms with Gasteiger partial charge in [0.1, 0.15) is 24.3 Å². The van der Waals surface area contributed by atoms with Crippen LogP contribution in [0.5, 0.6) is 0 Å². The van der Waals surface area contributed by atoms with Crippen LogP contribution in [0.15, 0.2) is 30.3 Å². The van der Waals surface area contributed by atoms with Crippen LogP contribution in [0.1, 0.15) is 54.0 Å². The molecule has 1 aromatic carbocycles. The fourth-order valence-corrected chi connectivity index (χ4v) is 2.37. The van der Waals surface area contributed by atoms with Crippen LogP contribution in [0.4, 0.5) is 4.79 Å². The summed E-state index contributed by atoms with van der Waals surface area (Å²) in [4.78, 5) is 38.8. The molecule has 2 amide bonds. The predicted molar refractivity (Wildman–Crippen MR) is 111 cm³/mol. The van der Waals surface area contributed by atoms with Gasteiger partial charge in [0.05, 0.1) is 0 Å². The summed E-state index contributed by atoms with van der Waals surface area (Å²) in [6.07, 6.45) is -0.612. The topological polar surface area (TPSA) is 84.9 Å². The van der Waals surface area contributed by atoms with Crippen molar-refractivity contribution < 1.29 is 23.9 Å². The third-order valence-corrected chi connectivity index (χ3v) is 4.25. The van der Waals surface area contributed by atoms with E-state index in [1.807, 2.05) is 51.1 Å². The van der Waals surface area contributed by atoms with Crippen LogP contribution < -0.4 is 5.32 Å². The summed E-state index contributed by atoms with van der Waals surface area (Å²) in [5, 5.41) is 2.73. The largest absolute Gasteiger partial charge is 0.459 e. The van der Waals surface area contributed by atoms with Gasteiger partial charge in [0.25, 0.3) is 0 Å². The second-order valence-corrected chi connectivity index (χ2v) is 9.17. The van der Waals surface area contributed by atoms with Crippen LogP contribution in [0.2, 0.25) is 0 Å². The van der Waals surface area contributed by atoms with Gasteiger partial charge >= 0.3 is 12.1 Å². The molecule has 0 fully saturated rings. The molecule has 0 spiro atoms. The van der Waals surface area contributed by atoms with Gasteiger partial charge in [-0.3, -0.25) is 9.69 Å². The molecule has 0 heterocycles. The van der Waals surface area contributed by atoms with Crippen molar-refractivity contribution in [2.45, 2.75) is 72.8 Å². The number of esters is 1. The molecule has 29 heavy (non-hydrogen) atoms. The Morgan fingerprint density at radius 3 is 2.07 bits per heavy atom. The van der Waals surface area contributed by atoms with E-state index in [2.05, 4.69) is 5.32 Å². The maximum absolute atomic E-state index is 12.7. The number of likely N-dealkylation sites (N-methyl/N-ethyl adjacent to an activating group) is 1. The summed E-state index contributed by atoms with van der Waals surface area (Å²) in [5.74, 6) is -0.989. The van der Waals surface area contributed by atoms with Crippen molar-refractivity contribution in [3.8, 4) is 0 Å². The van der Waals surface area contributed by atoms with Crippen molar-refractivity contribution in [2.75, 3.05) is 7.05 Å². The van der Waals surface area contributed by atoms with Gasteiger partial charge in [-0.05, 0) is 38.7 Å². The molecule has 1 aromatic rings. The molecular formula is C22H34N2O5. The number of ether oxygens (including phenoxy) is 2. The van der Waals surface area contributed by atoms with Gasteiger partial charge in [0, 0.05) is 7.05 Å². The first-order valence-electron chi connectivity index (χ1n) is 9.69. The minimum atomic E-state index is -0.867. The first kappa shape index (κ1) is 24.5. The van der Waals surface area contributed by atoms with E-state index in [0.29, 0.717) is 0 Å². The maximum atomic E-state index is 12.7. The molecule has 162 valence electrons. The molecule has 2 atom stereocenters. The first-order chi connectivity index (χ1) is 13.2. The normalized spacial score (nSPS) is 13.8. The van der Waals surface area contributed by atoms with Crippen LogP contribution in [0, 0.1) is 5.41 Å². The average molecular weight is 407 g/mol. The highest BCUT2D eigenvalue weighted by Gasteiger charge is 2.36. The predicted octanol–water partition coefficient (Wildman–Crippen LogP) is 3.52. The number of nitrogens with one attached hydrogen (secondary N) is 1.